The largest absolute Gasteiger partial charge is 0.508 e. The Morgan fingerprint density at radius 1 is 1.14 bits per heavy atom. The van der Waals surface area contributed by atoms with Crippen LogP contribution in [-0.4, -0.2) is 21.0 Å². The van der Waals surface area contributed by atoms with Crippen molar-refractivity contribution in [2.45, 2.75) is 5.75 Å². The monoisotopic (exact) mass is 305 g/mol. The highest BCUT2D eigenvalue weighted by atomic mass is 32.2. The van der Waals surface area contributed by atoms with Gasteiger partial charge in [0.25, 0.3) is 0 Å². The molecule has 0 heterocycles. The first kappa shape index (κ1) is 15.1. The number of carbonyl (C=O) groups excluding carboxylic acids is 1. The van der Waals surface area contributed by atoms with E-state index in [9.17, 15) is 14.1 Å². The molecular formula is C15H15NO4S. The summed E-state index contributed by atoms with van der Waals surface area (Å²) in [6.07, 6.45) is 0. The van der Waals surface area contributed by atoms with Crippen molar-refractivity contribution >= 4 is 16.7 Å². The first-order chi connectivity index (χ1) is 10.0. The highest BCUT2D eigenvalue weighted by Crippen LogP contribution is 2.27. The third kappa shape index (κ3) is 4.61. The number of hydrogen-bond acceptors (Lipinski definition) is 4. The molecule has 6 heteroatoms. The lowest BCUT2D eigenvalue weighted by Gasteiger charge is -2.10. The van der Waals surface area contributed by atoms with Gasteiger partial charge in [-0.1, -0.05) is 18.2 Å². The Kier molecular flexibility index (Phi) is 4.94. The standard InChI is InChI=1S/C15H15NO4S/c16-15(18)10-21(19)9-11-3-1-2-4-14(11)20-13-7-5-12(17)6-8-13/h1-8,17H,9-10H2,(H2,16,18). The van der Waals surface area contributed by atoms with E-state index in [0.29, 0.717) is 11.5 Å². The number of ether oxygens (including phenoxy) is 1. The Bertz CT molecular complexity index is 655. The maximum absolute atomic E-state index is 11.8. The fourth-order valence-electron chi connectivity index (χ4n) is 1.75. The van der Waals surface area contributed by atoms with E-state index < -0.39 is 16.7 Å². The van der Waals surface area contributed by atoms with Gasteiger partial charge >= 0.3 is 0 Å². The molecule has 0 saturated carbocycles. The van der Waals surface area contributed by atoms with Gasteiger partial charge in [-0.05, 0) is 30.3 Å². The summed E-state index contributed by atoms with van der Waals surface area (Å²) in [5.41, 5.74) is 5.76. The van der Waals surface area contributed by atoms with Crippen LogP contribution in [0.1, 0.15) is 5.56 Å². The molecule has 2 aromatic carbocycles. The number of primary amides is 1. The number of hydrogen-bond donors (Lipinski definition) is 2. The summed E-state index contributed by atoms with van der Waals surface area (Å²) < 4.78 is 17.5. The van der Waals surface area contributed by atoms with E-state index in [0.717, 1.165) is 5.56 Å². The molecule has 0 spiro atoms. The van der Waals surface area contributed by atoms with Gasteiger partial charge in [-0.2, -0.15) is 0 Å². The van der Waals surface area contributed by atoms with Gasteiger partial charge in [-0.15, -0.1) is 0 Å². The van der Waals surface area contributed by atoms with Crippen LogP contribution in [0.5, 0.6) is 17.2 Å². The second kappa shape index (κ2) is 6.90. The van der Waals surface area contributed by atoms with Crippen LogP contribution in [0.25, 0.3) is 0 Å². The van der Waals surface area contributed by atoms with Gasteiger partial charge < -0.3 is 15.6 Å². The Labute approximate surface area is 124 Å². The van der Waals surface area contributed by atoms with Crippen LogP contribution in [0.3, 0.4) is 0 Å². The minimum atomic E-state index is -1.37. The topological polar surface area (TPSA) is 89.6 Å². The van der Waals surface area contributed by atoms with E-state index >= 15 is 0 Å². The van der Waals surface area contributed by atoms with Gasteiger partial charge in [0.05, 0.1) is 5.75 Å². The fraction of sp³-hybridized carbons (Fsp3) is 0.133. The van der Waals surface area contributed by atoms with Gasteiger partial charge in [0.15, 0.2) is 0 Å². The van der Waals surface area contributed by atoms with E-state index in [1.54, 1.807) is 36.4 Å². The zero-order valence-electron chi connectivity index (χ0n) is 11.2. The van der Waals surface area contributed by atoms with Crippen molar-refractivity contribution in [3.63, 3.8) is 0 Å². The number of carbonyl (C=O) groups is 1. The van der Waals surface area contributed by atoms with Gasteiger partial charge in [0, 0.05) is 16.4 Å². The minimum Gasteiger partial charge on any atom is -0.508 e. The summed E-state index contributed by atoms with van der Waals surface area (Å²) in [6.45, 7) is 0. The second-order valence-electron chi connectivity index (χ2n) is 4.40. The van der Waals surface area contributed by atoms with Crippen LogP contribution in [-0.2, 0) is 21.3 Å². The molecule has 0 bridgehead atoms. The molecule has 0 aliphatic rings. The molecule has 0 aromatic heterocycles. The Balaban J connectivity index is 2.14. The number of aromatic hydroxyl groups is 1. The molecule has 0 aliphatic carbocycles. The molecule has 1 unspecified atom stereocenters. The second-order valence-corrected chi connectivity index (χ2v) is 5.86. The fourth-order valence-corrected chi connectivity index (χ4v) is 2.75. The number of rotatable bonds is 6. The molecule has 2 rings (SSSR count). The average molecular weight is 305 g/mol. The molecule has 5 nitrogen and oxygen atoms in total. The van der Waals surface area contributed by atoms with Crippen molar-refractivity contribution in [2.75, 3.05) is 5.75 Å². The van der Waals surface area contributed by atoms with Crippen molar-refractivity contribution in [3.8, 4) is 17.2 Å². The van der Waals surface area contributed by atoms with E-state index in [-0.39, 0.29) is 17.3 Å². The van der Waals surface area contributed by atoms with Gasteiger partial charge in [0.1, 0.15) is 23.0 Å². The van der Waals surface area contributed by atoms with Crippen molar-refractivity contribution in [2.24, 2.45) is 5.73 Å². The minimum absolute atomic E-state index is 0.151. The number of phenols is 1. The summed E-state index contributed by atoms with van der Waals surface area (Å²) in [7, 11) is -1.37. The lowest BCUT2D eigenvalue weighted by atomic mass is 10.2. The number of amides is 1. The Hall–Kier alpha value is -2.34. The predicted octanol–water partition coefficient (Wildman–Crippen LogP) is 1.92. The molecule has 0 radical (unpaired) electrons. The molecule has 3 N–H and O–H groups in total. The lowest BCUT2D eigenvalue weighted by molar-refractivity contribution is -0.115. The van der Waals surface area contributed by atoms with Crippen molar-refractivity contribution in [1.29, 1.82) is 0 Å². The lowest BCUT2D eigenvalue weighted by Crippen LogP contribution is -2.20. The summed E-state index contributed by atoms with van der Waals surface area (Å²) in [4.78, 5) is 10.8. The first-order valence-corrected chi connectivity index (χ1v) is 7.71. The molecule has 21 heavy (non-hydrogen) atoms. The SMILES string of the molecule is NC(=O)CS(=O)Cc1ccccc1Oc1ccc(O)cc1. The summed E-state index contributed by atoms with van der Waals surface area (Å²) in [5.74, 6) is 0.690. The van der Waals surface area contributed by atoms with Crippen LogP contribution < -0.4 is 10.5 Å². The number of para-hydroxylation sites is 1. The van der Waals surface area contributed by atoms with E-state index in [2.05, 4.69) is 0 Å². The van der Waals surface area contributed by atoms with Crippen molar-refractivity contribution in [1.82, 2.24) is 0 Å². The van der Waals surface area contributed by atoms with E-state index in [1.807, 2.05) is 0 Å². The smallest absolute Gasteiger partial charge is 0.230 e. The predicted molar refractivity (Wildman–Crippen MR) is 80.5 cm³/mol. The number of nitrogens with two attached hydrogens (primary N) is 1. The summed E-state index contributed by atoms with van der Waals surface area (Å²) in [5, 5.41) is 9.24. The Morgan fingerprint density at radius 3 is 2.48 bits per heavy atom. The van der Waals surface area contributed by atoms with Gasteiger partial charge in [-0.25, -0.2) is 0 Å². The van der Waals surface area contributed by atoms with Crippen LogP contribution in [0.2, 0.25) is 0 Å². The molecule has 2 aromatic rings. The van der Waals surface area contributed by atoms with Gasteiger partial charge in [-0.3, -0.25) is 9.00 Å². The molecule has 110 valence electrons. The third-order valence-electron chi connectivity index (χ3n) is 2.66. The highest BCUT2D eigenvalue weighted by Gasteiger charge is 2.10. The zero-order chi connectivity index (χ0) is 15.2. The van der Waals surface area contributed by atoms with Crippen molar-refractivity contribution < 1.29 is 18.8 Å². The van der Waals surface area contributed by atoms with Crippen LogP contribution in [0.4, 0.5) is 0 Å². The number of benzene rings is 2. The van der Waals surface area contributed by atoms with Crippen molar-refractivity contribution in [3.05, 3.63) is 54.1 Å². The molecule has 0 aliphatic heterocycles. The van der Waals surface area contributed by atoms with Crippen LogP contribution in [0, 0.1) is 0 Å². The molecule has 0 fully saturated rings. The highest BCUT2D eigenvalue weighted by molar-refractivity contribution is 7.84. The van der Waals surface area contributed by atoms with Crippen LogP contribution in [0.15, 0.2) is 48.5 Å². The number of phenolic OH excluding ortho intramolecular Hbond substituents is 1. The zero-order valence-corrected chi connectivity index (χ0v) is 12.0. The van der Waals surface area contributed by atoms with Gasteiger partial charge in [0.2, 0.25) is 5.91 Å². The third-order valence-corrected chi connectivity index (χ3v) is 3.90. The van der Waals surface area contributed by atoms with E-state index in [4.69, 9.17) is 10.5 Å². The van der Waals surface area contributed by atoms with Crippen LogP contribution >= 0.6 is 0 Å². The molecule has 1 amide bonds. The van der Waals surface area contributed by atoms with E-state index in [1.165, 1.54) is 12.1 Å². The summed E-state index contributed by atoms with van der Waals surface area (Å²) >= 11 is 0. The summed E-state index contributed by atoms with van der Waals surface area (Å²) in [6, 6.07) is 13.4. The first-order valence-electron chi connectivity index (χ1n) is 6.22. The quantitative estimate of drug-likeness (QED) is 0.853. The molecule has 1 atom stereocenters. The normalized spacial score (nSPS) is 11.8. The average Bonchev–Trinajstić information content (AvgIpc) is 2.42. The maximum Gasteiger partial charge on any atom is 0.230 e. The maximum atomic E-state index is 11.8. The molecular weight excluding hydrogens is 290 g/mol. The Morgan fingerprint density at radius 2 is 1.81 bits per heavy atom. The molecule has 0 saturated heterocycles.